The number of fused-ring (bicyclic) bond motifs is 1. The standard InChI is InChI=1S/C22H18F2N8O/c1-2-16(28-19-15(10-25)18(26)30-22(27)31-19)20-29-17-7-6-12(24)9-14(17)21(33)32(20)13-5-3-4-11(23)8-13/h3-9,16H,2H2,1H3,(H5,26,27,28,30,31). The monoisotopic (exact) mass is 448 g/mol. The van der Waals surface area contributed by atoms with Gasteiger partial charge < -0.3 is 16.8 Å². The number of anilines is 3. The van der Waals surface area contributed by atoms with Crippen molar-refractivity contribution < 1.29 is 8.78 Å². The second-order valence-corrected chi connectivity index (χ2v) is 7.16. The summed E-state index contributed by atoms with van der Waals surface area (Å²) in [5.74, 6) is -1.15. The second-order valence-electron chi connectivity index (χ2n) is 7.16. The molecule has 0 aliphatic heterocycles. The Balaban J connectivity index is 1.97. The predicted molar refractivity (Wildman–Crippen MR) is 119 cm³/mol. The second kappa shape index (κ2) is 8.51. The molecule has 0 aliphatic rings. The van der Waals surface area contributed by atoms with Gasteiger partial charge in [-0.05, 0) is 42.8 Å². The Morgan fingerprint density at radius 1 is 1.12 bits per heavy atom. The van der Waals surface area contributed by atoms with Crippen molar-refractivity contribution in [2.24, 2.45) is 0 Å². The van der Waals surface area contributed by atoms with Gasteiger partial charge in [-0.2, -0.15) is 15.2 Å². The summed E-state index contributed by atoms with van der Waals surface area (Å²) in [4.78, 5) is 25.8. The van der Waals surface area contributed by atoms with Gasteiger partial charge in [-0.25, -0.2) is 13.8 Å². The van der Waals surface area contributed by atoms with Crippen LogP contribution in [0.4, 0.5) is 26.4 Å². The fourth-order valence-corrected chi connectivity index (χ4v) is 3.50. The number of nitrogens with two attached hydrogens (primary N) is 2. The van der Waals surface area contributed by atoms with E-state index in [1.165, 1.54) is 41.0 Å². The van der Waals surface area contributed by atoms with Crippen LogP contribution in [0.3, 0.4) is 0 Å². The average molecular weight is 448 g/mol. The third-order valence-electron chi connectivity index (χ3n) is 5.02. The first-order chi connectivity index (χ1) is 15.8. The SMILES string of the molecule is CCC(Nc1nc(N)nc(N)c1C#N)c1nc2ccc(F)cc2c(=O)n1-c1cccc(F)c1. The molecule has 1 atom stereocenters. The minimum absolute atomic E-state index is 0.0230. The number of benzene rings is 2. The molecule has 2 aromatic carbocycles. The van der Waals surface area contributed by atoms with Crippen LogP contribution in [0.5, 0.6) is 0 Å². The Morgan fingerprint density at radius 3 is 2.58 bits per heavy atom. The summed E-state index contributed by atoms with van der Waals surface area (Å²) in [6.07, 6.45) is 0.378. The maximum Gasteiger partial charge on any atom is 0.266 e. The highest BCUT2D eigenvalue weighted by Crippen LogP contribution is 2.27. The zero-order valence-corrected chi connectivity index (χ0v) is 17.4. The number of nitrogen functional groups attached to an aromatic ring is 2. The fourth-order valence-electron chi connectivity index (χ4n) is 3.50. The number of rotatable bonds is 5. The number of halogens is 2. The minimum Gasteiger partial charge on any atom is -0.382 e. The van der Waals surface area contributed by atoms with Crippen molar-refractivity contribution in [2.75, 3.05) is 16.8 Å². The van der Waals surface area contributed by atoms with Gasteiger partial charge in [-0.15, -0.1) is 0 Å². The summed E-state index contributed by atoms with van der Waals surface area (Å²) < 4.78 is 29.1. The summed E-state index contributed by atoms with van der Waals surface area (Å²) in [6, 6.07) is 10.3. The van der Waals surface area contributed by atoms with Crippen molar-refractivity contribution in [3.63, 3.8) is 0 Å². The lowest BCUT2D eigenvalue weighted by Gasteiger charge is -2.22. The Hall–Kier alpha value is -4.59. The van der Waals surface area contributed by atoms with Gasteiger partial charge in [-0.3, -0.25) is 9.36 Å². The van der Waals surface area contributed by atoms with Crippen LogP contribution in [0.1, 0.15) is 30.8 Å². The molecular weight excluding hydrogens is 430 g/mol. The lowest BCUT2D eigenvalue weighted by atomic mass is 10.1. The molecule has 2 heterocycles. The Kier molecular flexibility index (Phi) is 5.58. The smallest absolute Gasteiger partial charge is 0.266 e. The molecule has 0 bridgehead atoms. The Bertz CT molecular complexity index is 1480. The van der Waals surface area contributed by atoms with Crippen molar-refractivity contribution in [3.8, 4) is 11.8 Å². The van der Waals surface area contributed by atoms with Crippen molar-refractivity contribution in [1.29, 1.82) is 5.26 Å². The molecule has 0 amide bonds. The van der Waals surface area contributed by atoms with E-state index < -0.39 is 23.2 Å². The van der Waals surface area contributed by atoms with Crippen LogP contribution in [-0.2, 0) is 0 Å². The minimum atomic E-state index is -0.684. The molecule has 0 spiro atoms. The third-order valence-corrected chi connectivity index (χ3v) is 5.02. The van der Waals surface area contributed by atoms with Crippen LogP contribution in [0.2, 0.25) is 0 Å². The summed E-state index contributed by atoms with van der Waals surface area (Å²) in [7, 11) is 0. The molecule has 0 saturated carbocycles. The van der Waals surface area contributed by atoms with E-state index in [1.54, 1.807) is 0 Å². The summed E-state index contributed by atoms with van der Waals surface area (Å²) in [5, 5.41) is 12.6. The molecule has 0 fully saturated rings. The number of nitriles is 1. The molecule has 0 saturated heterocycles. The van der Waals surface area contributed by atoms with E-state index in [4.69, 9.17) is 11.5 Å². The number of nitrogens with one attached hydrogen (secondary N) is 1. The lowest BCUT2D eigenvalue weighted by Crippen LogP contribution is -2.28. The van der Waals surface area contributed by atoms with Gasteiger partial charge in [0.25, 0.3) is 5.56 Å². The van der Waals surface area contributed by atoms with Crippen LogP contribution < -0.4 is 22.3 Å². The maximum absolute atomic E-state index is 14.0. The molecule has 2 aromatic heterocycles. The van der Waals surface area contributed by atoms with Crippen LogP contribution >= 0.6 is 0 Å². The number of aromatic nitrogens is 4. The van der Waals surface area contributed by atoms with Crippen LogP contribution in [-0.4, -0.2) is 19.5 Å². The van der Waals surface area contributed by atoms with Gasteiger partial charge in [0.15, 0.2) is 5.82 Å². The number of hydrogen-bond donors (Lipinski definition) is 3. The fraction of sp³-hybridized carbons (Fsp3) is 0.136. The van der Waals surface area contributed by atoms with Crippen LogP contribution in [0, 0.1) is 23.0 Å². The van der Waals surface area contributed by atoms with Gasteiger partial charge in [0.1, 0.15) is 34.9 Å². The van der Waals surface area contributed by atoms with E-state index in [2.05, 4.69) is 20.3 Å². The van der Waals surface area contributed by atoms with E-state index in [-0.39, 0.29) is 45.6 Å². The quantitative estimate of drug-likeness (QED) is 0.422. The molecule has 11 heteroatoms. The maximum atomic E-state index is 14.0. The molecule has 0 radical (unpaired) electrons. The third kappa shape index (κ3) is 4.01. The van der Waals surface area contributed by atoms with Gasteiger partial charge >= 0.3 is 0 Å². The van der Waals surface area contributed by atoms with Crippen molar-refractivity contribution in [2.45, 2.75) is 19.4 Å². The first-order valence-electron chi connectivity index (χ1n) is 9.90. The molecule has 166 valence electrons. The lowest BCUT2D eigenvalue weighted by molar-refractivity contribution is 0.620. The normalized spacial score (nSPS) is 11.8. The van der Waals surface area contributed by atoms with E-state index >= 15 is 0 Å². The summed E-state index contributed by atoms with van der Waals surface area (Å²) in [5.41, 5.74) is 11.3. The topological polar surface area (TPSA) is 149 Å². The summed E-state index contributed by atoms with van der Waals surface area (Å²) >= 11 is 0. The van der Waals surface area contributed by atoms with E-state index in [9.17, 15) is 18.8 Å². The largest absolute Gasteiger partial charge is 0.382 e. The molecule has 33 heavy (non-hydrogen) atoms. The van der Waals surface area contributed by atoms with E-state index in [1.807, 2.05) is 13.0 Å². The highest BCUT2D eigenvalue weighted by molar-refractivity contribution is 5.78. The van der Waals surface area contributed by atoms with Gasteiger partial charge in [0.2, 0.25) is 5.95 Å². The molecular formula is C22H18F2N8O. The van der Waals surface area contributed by atoms with E-state index in [0.717, 1.165) is 6.07 Å². The van der Waals surface area contributed by atoms with Crippen LogP contribution in [0.25, 0.3) is 16.6 Å². The molecule has 4 aromatic rings. The van der Waals surface area contributed by atoms with Gasteiger partial charge in [0.05, 0.1) is 22.6 Å². The average Bonchev–Trinajstić information content (AvgIpc) is 2.77. The Morgan fingerprint density at radius 2 is 1.88 bits per heavy atom. The van der Waals surface area contributed by atoms with Gasteiger partial charge in [-0.1, -0.05) is 13.0 Å². The molecule has 1 unspecified atom stereocenters. The molecule has 9 nitrogen and oxygen atoms in total. The zero-order valence-electron chi connectivity index (χ0n) is 17.4. The zero-order chi connectivity index (χ0) is 23.7. The summed E-state index contributed by atoms with van der Waals surface area (Å²) in [6.45, 7) is 1.81. The van der Waals surface area contributed by atoms with Crippen LogP contribution in [0.15, 0.2) is 47.3 Å². The van der Waals surface area contributed by atoms with E-state index in [0.29, 0.717) is 6.42 Å². The number of nitrogens with zero attached hydrogens (tertiary/aromatic N) is 5. The predicted octanol–water partition coefficient (Wildman–Crippen LogP) is 3.05. The van der Waals surface area contributed by atoms with Crippen molar-refractivity contribution >= 4 is 28.5 Å². The highest BCUT2D eigenvalue weighted by atomic mass is 19.1. The van der Waals surface area contributed by atoms with Crippen molar-refractivity contribution in [1.82, 2.24) is 19.5 Å². The number of hydrogen-bond acceptors (Lipinski definition) is 8. The van der Waals surface area contributed by atoms with Crippen molar-refractivity contribution in [3.05, 3.63) is 75.8 Å². The first kappa shape index (κ1) is 21.6. The highest BCUT2D eigenvalue weighted by Gasteiger charge is 2.23. The molecule has 4 rings (SSSR count). The molecule has 5 N–H and O–H groups in total. The molecule has 0 aliphatic carbocycles. The Labute approximate surface area is 186 Å². The first-order valence-corrected chi connectivity index (χ1v) is 9.90. The van der Waals surface area contributed by atoms with Gasteiger partial charge in [0, 0.05) is 0 Å².